The molecular formula is C21H27N7O2. The number of fused-ring (bicyclic) bond motifs is 1. The van der Waals surface area contributed by atoms with E-state index in [1.54, 1.807) is 23.0 Å². The minimum absolute atomic E-state index is 0.204. The van der Waals surface area contributed by atoms with Gasteiger partial charge in [0.05, 0.1) is 12.1 Å². The molecule has 4 rings (SSSR count). The van der Waals surface area contributed by atoms with E-state index < -0.39 is 6.23 Å². The molecule has 1 aliphatic carbocycles. The van der Waals surface area contributed by atoms with Crippen molar-refractivity contribution in [1.82, 2.24) is 19.7 Å². The predicted molar refractivity (Wildman–Crippen MR) is 115 cm³/mol. The number of nitrogens with one attached hydrogen (secondary N) is 1. The molecule has 0 saturated heterocycles. The number of carbonyl (C=O) groups excluding carboxylic acids is 1. The van der Waals surface area contributed by atoms with Gasteiger partial charge in [0.1, 0.15) is 24.1 Å². The topological polar surface area (TPSA) is 122 Å². The van der Waals surface area contributed by atoms with Gasteiger partial charge in [0.15, 0.2) is 0 Å². The van der Waals surface area contributed by atoms with Crippen LogP contribution in [0.4, 0.5) is 11.5 Å². The van der Waals surface area contributed by atoms with Crippen LogP contribution in [0, 0.1) is 5.92 Å². The number of amides is 1. The highest BCUT2D eigenvalue weighted by Gasteiger charge is 2.25. The summed E-state index contributed by atoms with van der Waals surface area (Å²) in [6.07, 6.45) is 5.81. The number of anilines is 2. The average Bonchev–Trinajstić information content (AvgIpc) is 3.45. The van der Waals surface area contributed by atoms with Crippen LogP contribution in [-0.4, -0.2) is 50.1 Å². The van der Waals surface area contributed by atoms with Crippen LogP contribution >= 0.6 is 0 Å². The third-order valence-electron chi connectivity index (χ3n) is 5.06. The second-order valence-corrected chi connectivity index (χ2v) is 7.80. The zero-order chi connectivity index (χ0) is 21.1. The third-order valence-corrected chi connectivity index (χ3v) is 5.06. The van der Waals surface area contributed by atoms with Crippen molar-refractivity contribution in [3.63, 3.8) is 0 Å². The highest BCUT2D eigenvalue weighted by Crippen LogP contribution is 2.31. The maximum absolute atomic E-state index is 12.8. The Morgan fingerprint density at radius 1 is 1.37 bits per heavy atom. The minimum atomic E-state index is -0.974. The number of hydrogen-bond donors (Lipinski definition) is 3. The van der Waals surface area contributed by atoms with Gasteiger partial charge >= 0.3 is 0 Å². The first-order valence-electron chi connectivity index (χ1n) is 10.3. The van der Waals surface area contributed by atoms with Gasteiger partial charge in [-0.1, -0.05) is 6.92 Å². The van der Waals surface area contributed by atoms with E-state index in [1.807, 2.05) is 12.1 Å². The van der Waals surface area contributed by atoms with Crippen LogP contribution in [0.2, 0.25) is 0 Å². The number of nitrogens with two attached hydrogens (primary N) is 1. The molecule has 30 heavy (non-hydrogen) atoms. The van der Waals surface area contributed by atoms with Crippen LogP contribution in [0.25, 0.3) is 10.9 Å². The van der Waals surface area contributed by atoms with Gasteiger partial charge in [-0.25, -0.2) is 9.97 Å². The van der Waals surface area contributed by atoms with E-state index in [0.29, 0.717) is 11.4 Å². The summed E-state index contributed by atoms with van der Waals surface area (Å²) in [5, 5.41) is 17.4. The van der Waals surface area contributed by atoms with Gasteiger partial charge in [0.2, 0.25) is 0 Å². The van der Waals surface area contributed by atoms with E-state index in [2.05, 4.69) is 32.2 Å². The minimum Gasteiger partial charge on any atom is -0.377 e. The summed E-state index contributed by atoms with van der Waals surface area (Å²) < 4.78 is 1.58. The lowest BCUT2D eigenvalue weighted by Crippen LogP contribution is -2.28. The molecule has 4 N–H and O–H groups in total. The Bertz CT molecular complexity index is 1030. The lowest BCUT2D eigenvalue weighted by Gasteiger charge is -2.23. The fraction of sp³-hybridized carbons (Fsp3) is 0.429. The van der Waals surface area contributed by atoms with Gasteiger partial charge in [0.25, 0.3) is 5.91 Å². The van der Waals surface area contributed by atoms with Gasteiger partial charge in [0, 0.05) is 36.4 Å². The molecule has 1 atom stereocenters. The number of aromatic nitrogens is 4. The van der Waals surface area contributed by atoms with Crippen LogP contribution in [0.15, 0.2) is 36.8 Å². The van der Waals surface area contributed by atoms with E-state index in [4.69, 9.17) is 5.73 Å². The van der Waals surface area contributed by atoms with Crippen molar-refractivity contribution in [3.8, 4) is 0 Å². The Labute approximate surface area is 174 Å². The van der Waals surface area contributed by atoms with Crippen molar-refractivity contribution in [3.05, 3.63) is 42.5 Å². The van der Waals surface area contributed by atoms with Crippen molar-refractivity contribution in [2.45, 2.75) is 39.0 Å². The maximum atomic E-state index is 12.8. The SMILES string of the molecule is CCCN(CC1CC1)c1cc(C(=O)Nc2ccc3nn(CC(N)O)cc3c2)ncn1. The molecule has 0 spiro atoms. The number of aliphatic hydroxyl groups is 1. The number of hydrogen-bond acceptors (Lipinski definition) is 7. The summed E-state index contributed by atoms with van der Waals surface area (Å²) >= 11 is 0. The molecule has 1 fully saturated rings. The second-order valence-electron chi connectivity index (χ2n) is 7.80. The summed E-state index contributed by atoms with van der Waals surface area (Å²) in [6.45, 7) is 4.23. The molecule has 1 aromatic carbocycles. The standard InChI is InChI=1S/C21H27N7O2/c1-2-7-27(10-14-3-4-14)20-9-18(23-13-24-20)21(30)25-16-5-6-17-15(8-16)11-28(26-17)12-19(22)29/h5-6,8-9,11,13-14,19,29H,2-4,7,10,12,22H2,1H3,(H,25,30). The lowest BCUT2D eigenvalue weighted by atomic mass is 10.2. The van der Waals surface area contributed by atoms with Crippen LogP contribution < -0.4 is 16.0 Å². The van der Waals surface area contributed by atoms with Crippen LogP contribution in [-0.2, 0) is 6.54 Å². The first kappa shape index (κ1) is 20.2. The molecule has 2 heterocycles. The lowest BCUT2D eigenvalue weighted by molar-refractivity contribution is 0.102. The Balaban J connectivity index is 1.49. The van der Waals surface area contributed by atoms with E-state index >= 15 is 0 Å². The van der Waals surface area contributed by atoms with E-state index in [-0.39, 0.29) is 12.5 Å². The zero-order valence-corrected chi connectivity index (χ0v) is 17.0. The molecule has 0 aliphatic heterocycles. The number of aliphatic hydroxyl groups excluding tert-OH is 1. The zero-order valence-electron chi connectivity index (χ0n) is 17.0. The number of rotatable bonds is 9. The Morgan fingerprint density at radius 3 is 2.93 bits per heavy atom. The first-order chi connectivity index (χ1) is 14.5. The quantitative estimate of drug-likeness (QED) is 0.462. The summed E-state index contributed by atoms with van der Waals surface area (Å²) in [7, 11) is 0. The van der Waals surface area contributed by atoms with E-state index in [0.717, 1.165) is 42.1 Å². The molecule has 1 aliphatic rings. The summed E-state index contributed by atoms with van der Waals surface area (Å²) in [5.41, 5.74) is 7.14. The number of carbonyl (C=O) groups is 1. The molecule has 158 valence electrons. The van der Waals surface area contributed by atoms with Gasteiger partial charge in [-0.3, -0.25) is 9.48 Å². The molecule has 2 aromatic heterocycles. The summed E-state index contributed by atoms with van der Waals surface area (Å²) in [5.74, 6) is 1.24. The Kier molecular flexibility index (Phi) is 5.91. The van der Waals surface area contributed by atoms with Gasteiger partial charge in [-0.2, -0.15) is 5.10 Å². The number of nitrogens with zero attached hydrogens (tertiary/aromatic N) is 5. The van der Waals surface area contributed by atoms with Crippen LogP contribution in [0.3, 0.4) is 0 Å². The average molecular weight is 409 g/mol. The predicted octanol–water partition coefficient (Wildman–Crippen LogP) is 1.98. The molecule has 1 unspecified atom stereocenters. The van der Waals surface area contributed by atoms with E-state index in [1.165, 1.54) is 19.2 Å². The largest absolute Gasteiger partial charge is 0.377 e. The maximum Gasteiger partial charge on any atom is 0.274 e. The van der Waals surface area contributed by atoms with Crippen LogP contribution in [0.1, 0.15) is 36.7 Å². The highest BCUT2D eigenvalue weighted by atomic mass is 16.3. The van der Waals surface area contributed by atoms with Crippen molar-refractivity contribution in [2.24, 2.45) is 11.7 Å². The smallest absolute Gasteiger partial charge is 0.274 e. The third kappa shape index (κ3) is 4.92. The molecule has 0 radical (unpaired) electrons. The van der Waals surface area contributed by atoms with E-state index in [9.17, 15) is 9.90 Å². The van der Waals surface area contributed by atoms with Crippen molar-refractivity contribution in [1.29, 1.82) is 0 Å². The fourth-order valence-corrected chi connectivity index (χ4v) is 3.46. The fourth-order valence-electron chi connectivity index (χ4n) is 3.46. The molecule has 0 bridgehead atoms. The normalized spacial score (nSPS) is 14.6. The summed E-state index contributed by atoms with van der Waals surface area (Å²) in [4.78, 5) is 23.6. The van der Waals surface area contributed by atoms with Crippen molar-refractivity contribution >= 4 is 28.3 Å². The first-order valence-corrected chi connectivity index (χ1v) is 10.3. The molecule has 1 saturated carbocycles. The van der Waals surface area contributed by atoms with Gasteiger partial charge in [-0.15, -0.1) is 0 Å². The molecule has 1 amide bonds. The summed E-state index contributed by atoms with van der Waals surface area (Å²) in [6, 6.07) is 7.19. The molecule has 9 nitrogen and oxygen atoms in total. The molecular weight excluding hydrogens is 382 g/mol. The Hall–Kier alpha value is -3.04. The number of benzene rings is 1. The Morgan fingerprint density at radius 2 is 2.20 bits per heavy atom. The second kappa shape index (κ2) is 8.76. The molecule has 3 aromatic rings. The van der Waals surface area contributed by atoms with Crippen LogP contribution in [0.5, 0.6) is 0 Å². The monoisotopic (exact) mass is 409 g/mol. The molecule has 9 heteroatoms. The van der Waals surface area contributed by atoms with Gasteiger partial charge < -0.3 is 21.1 Å². The highest BCUT2D eigenvalue weighted by molar-refractivity contribution is 6.04. The van der Waals surface area contributed by atoms with Crippen molar-refractivity contribution in [2.75, 3.05) is 23.3 Å². The van der Waals surface area contributed by atoms with Gasteiger partial charge in [-0.05, 0) is 43.4 Å². The van der Waals surface area contributed by atoms with Crippen molar-refractivity contribution < 1.29 is 9.90 Å².